The van der Waals surface area contributed by atoms with Crippen LogP contribution in [0, 0.1) is 5.41 Å². The number of aryl methyl sites for hydroxylation is 1. The molecule has 0 amide bonds. The molecule has 0 bridgehead atoms. The van der Waals surface area contributed by atoms with Crippen LogP contribution in [0.4, 0.5) is 0 Å². The number of aromatic nitrogens is 2. The number of nitrogens with zero attached hydrogens (tertiary/aromatic N) is 1. The third kappa shape index (κ3) is 5.13. The van der Waals surface area contributed by atoms with Crippen LogP contribution in [0.25, 0.3) is 0 Å². The molecular formula is C16H25BrN2OS. The Bertz CT molecular complexity index is 495. The maximum Gasteiger partial charge on any atom is 0.251 e. The lowest BCUT2D eigenvalue weighted by Crippen LogP contribution is -2.25. The number of H-pyrrole nitrogens is 1. The lowest BCUT2D eigenvalue weighted by atomic mass is 9.85. The van der Waals surface area contributed by atoms with Crippen LogP contribution in [0.1, 0.15) is 57.6 Å². The predicted molar refractivity (Wildman–Crippen MR) is 93.5 cm³/mol. The van der Waals surface area contributed by atoms with E-state index in [9.17, 15) is 4.79 Å². The van der Waals surface area contributed by atoms with E-state index in [2.05, 4.69) is 32.8 Å². The van der Waals surface area contributed by atoms with Gasteiger partial charge in [-0.2, -0.15) is 0 Å². The van der Waals surface area contributed by atoms with E-state index < -0.39 is 0 Å². The molecule has 1 fully saturated rings. The van der Waals surface area contributed by atoms with Gasteiger partial charge in [-0.1, -0.05) is 66.7 Å². The van der Waals surface area contributed by atoms with Gasteiger partial charge in [-0.25, -0.2) is 4.98 Å². The Hall–Kier alpha value is -0.290. The van der Waals surface area contributed by atoms with Crippen LogP contribution in [-0.2, 0) is 6.42 Å². The molecule has 0 radical (unpaired) electrons. The van der Waals surface area contributed by atoms with Crippen LogP contribution in [-0.4, -0.2) is 21.1 Å². The molecule has 2 rings (SSSR count). The Morgan fingerprint density at radius 3 is 2.67 bits per heavy atom. The Labute approximate surface area is 139 Å². The van der Waals surface area contributed by atoms with Crippen molar-refractivity contribution in [2.45, 2.75) is 63.4 Å². The number of rotatable bonds is 6. The van der Waals surface area contributed by atoms with Crippen molar-refractivity contribution in [2.75, 3.05) is 11.1 Å². The first-order valence-corrected chi connectivity index (χ1v) is 10.1. The summed E-state index contributed by atoms with van der Waals surface area (Å²) >= 11 is 5.44. The van der Waals surface area contributed by atoms with Crippen molar-refractivity contribution in [1.29, 1.82) is 0 Å². The van der Waals surface area contributed by atoms with Crippen molar-refractivity contribution < 1.29 is 0 Å². The molecule has 5 heteroatoms. The highest BCUT2D eigenvalue weighted by molar-refractivity contribution is 9.09. The number of hydrogen-bond donors (Lipinski definition) is 1. The molecule has 1 aromatic heterocycles. The summed E-state index contributed by atoms with van der Waals surface area (Å²) in [6, 6.07) is 1.62. The first-order valence-electron chi connectivity index (χ1n) is 7.96. The zero-order valence-electron chi connectivity index (χ0n) is 12.8. The number of alkyl halides is 1. The Morgan fingerprint density at radius 1 is 1.33 bits per heavy atom. The third-order valence-electron chi connectivity index (χ3n) is 4.24. The van der Waals surface area contributed by atoms with E-state index >= 15 is 0 Å². The first kappa shape index (κ1) is 17.1. The number of hydrogen-bond acceptors (Lipinski definition) is 3. The fraction of sp³-hybridized carbons (Fsp3) is 0.750. The number of aromatic amines is 1. The van der Waals surface area contributed by atoms with Gasteiger partial charge in [0, 0.05) is 22.8 Å². The largest absolute Gasteiger partial charge is 0.301 e. The summed E-state index contributed by atoms with van der Waals surface area (Å²) in [4.78, 5) is 19.2. The average Bonchev–Trinajstić information content (AvgIpc) is 2.71. The molecular weight excluding hydrogens is 348 g/mol. The summed E-state index contributed by atoms with van der Waals surface area (Å²) in [5.74, 6) is 1.04. The summed E-state index contributed by atoms with van der Waals surface area (Å²) in [5.41, 5.74) is 1.25. The van der Waals surface area contributed by atoms with Gasteiger partial charge in [-0.05, 0) is 24.7 Å². The van der Waals surface area contributed by atoms with Gasteiger partial charge in [0.15, 0.2) is 5.16 Å². The molecule has 1 aliphatic rings. The molecule has 21 heavy (non-hydrogen) atoms. The van der Waals surface area contributed by atoms with Crippen LogP contribution in [0.3, 0.4) is 0 Å². The fourth-order valence-corrected chi connectivity index (χ4v) is 5.16. The van der Waals surface area contributed by atoms with E-state index in [0.29, 0.717) is 5.41 Å². The maximum absolute atomic E-state index is 11.7. The smallest absolute Gasteiger partial charge is 0.251 e. The standard InChI is InChI=1S/C16H25BrN2OS/c1-2-7-13-10-14(20)19-15(18-13)21-12-16(11-17)8-5-3-4-6-9-16/h10H,2-9,11-12H2,1H3,(H,18,19,20). The van der Waals surface area contributed by atoms with E-state index in [0.717, 1.165) is 34.8 Å². The second-order valence-electron chi connectivity index (χ2n) is 6.13. The second-order valence-corrected chi connectivity index (χ2v) is 7.65. The third-order valence-corrected chi connectivity index (χ3v) is 6.65. The average molecular weight is 373 g/mol. The first-order chi connectivity index (χ1) is 10.2. The highest BCUT2D eigenvalue weighted by Crippen LogP contribution is 2.40. The molecule has 0 saturated heterocycles. The maximum atomic E-state index is 11.7. The van der Waals surface area contributed by atoms with Crippen molar-refractivity contribution in [2.24, 2.45) is 5.41 Å². The van der Waals surface area contributed by atoms with Crippen LogP contribution in [0.15, 0.2) is 16.0 Å². The summed E-state index contributed by atoms with van der Waals surface area (Å²) in [6.07, 6.45) is 9.83. The number of thioether (sulfide) groups is 1. The van der Waals surface area contributed by atoms with Crippen molar-refractivity contribution in [3.8, 4) is 0 Å². The van der Waals surface area contributed by atoms with Crippen LogP contribution in [0.2, 0.25) is 0 Å². The molecule has 118 valence electrons. The predicted octanol–water partition coefficient (Wildman–Crippen LogP) is 4.55. The van der Waals surface area contributed by atoms with Crippen LogP contribution >= 0.6 is 27.7 Å². The highest BCUT2D eigenvalue weighted by Gasteiger charge is 2.30. The Balaban J connectivity index is 2.05. The molecule has 0 atom stereocenters. The Kier molecular flexibility index (Phi) is 6.80. The van der Waals surface area contributed by atoms with Gasteiger partial charge < -0.3 is 4.98 Å². The fourth-order valence-electron chi connectivity index (χ4n) is 2.95. The van der Waals surface area contributed by atoms with E-state index in [-0.39, 0.29) is 5.56 Å². The normalized spacial score (nSPS) is 18.4. The SMILES string of the molecule is CCCc1cc(=O)[nH]c(SCC2(CBr)CCCCCC2)n1. The molecule has 3 nitrogen and oxygen atoms in total. The minimum absolute atomic E-state index is 0.0234. The van der Waals surface area contributed by atoms with Gasteiger partial charge in [0.2, 0.25) is 0 Å². The van der Waals surface area contributed by atoms with Gasteiger partial charge in [-0.3, -0.25) is 4.79 Å². The topological polar surface area (TPSA) is 45.8 Å². The monoisotopic (exact) mass is 372 g/mol. The summed E-state index contributed by atoms with van der Waals surface area (Å²) in [7, 11) is 0. The summed E-state index contributed by atoms with van der Waals surface area (Å²) in [5, 5.41) is 1.84. The van der Waals surface area contributed by atoms with Crippen molar-refractivity contribution >= 4 is 27.7 Å². The zero-order valence-corrected chi connectivity index (χ0v) is 15.2. The quantitative estimate of drug-likeness (QED) is 0.344. The van der Waals surface area contributed by atoms with Gasteiger partial charge in [0.1, 0.15) is 0 Å². The van der Waals surface area contributed by atoms with Crippen molar-refractivity contribution in [1.82, 2.24) is 9.97 Å². The van der Waals surface area contributed by atoms with E-state index in [1.165, 1.54) is 38.5 Å². The molecule has 1 saturated carbocycles. The number of nitrogens with one attached hydrogen (secondary N) is 1. The van der Waals surface area contributed by atoms with Gasteiger partial charge >= 0.3 is 0 Å². The van der Waals surface area contributed by atoms with Crippen LogP contribution in [0.5, 0.6) is 0 Å². The van der Waals surface area contributed by atoms with Gasteiger partial charge in [-0.15, -0.1) is 0 Å². The highest BCUT2D eigenvalue weighted by atomic mass is 79.9. The van der Waals surface area contributed by atoms with Crippen molar-refractivity contribution in [3.05, 3.63) is 22.1 Å². The second kappa shape index (κ2) is 8.37. The molecule has 0 unspecified atom stereocenters. The Morgan fingerprint density at radius 2 is 2.05 bits per heavy atom. The van der Waals surface area contributed by atoms with E-state index in [1.54, 1.807) is 17.8 Å². The minimum Gasteiger partial charge on any atom is -0.301 e. The lowest BCUT2D eigenvalue weighted by molar-refractivity contribution is 0.334. The van der Waals surface area contributed by atoms with E-state index in [1.807, 2.05) is 0 Å². The summed E-state index contributed by atoms with van der Waals surface area (Å²) in [6.45, 7) is 2.11. The zero-order chi connectivity index (χ0) is 15.1. The lowest BCUT2D eigenvalue weighted by Gasteiger charge is -2.30. The summed E-state index contributed by atoms with van der Waals surface area (Å²) < 4.78 is 0. The van der Waals surface area contributed by atoms with Gasteiger partial charge in [0.25, 0.3) is 5.56 Å². The number of halogens is 1. The molecule has 1 N–H and O–H groups in total. The molecule has 0 aromatic carbocycles. The van der Waals surface area contributed by atoms with Crippen molar-refractivity contribution in [3.63, 3.8) is 0 Å². The molecule has 0 aliphatic heterocycles. The molecule has 1 heterocycles. The molecule has 1 aliphatic carbocycles. The van der Waals surface area contributed by atoms with Crippen LogP contribution < -0.4 is 5.56 Å². The minimum atomic E-state index is -0.0234. The van der Waals surface area contributed by atoms with E-state index in [4.69, 9.17) is 0 Å². The molecule has 1 aromatic rings. The van der Waals surface area contributed by atoms with Gasteiger partial charge in [0.05, 0.1) is 0 Å². The molecule has 0 spiro atoms.